The normalized spacial score (nSPS) is 17.9. The van der Waals surface area contributed by atoms with Crippen molar-refractivity contribution in [1.29, 1.82) is 0 Å². The summed E-state index contributed by atoms with van der Waals surface area (Å²) in [6, 6.07) is 13.7. The van der Waals surface area contributed by atoms with Crippen LogP contribution in [0.15, 0.2) is 60.7 Å². The molecular weight excluding hydrogens is 544 g/mol. The Balaban J connectivity index is 1.62. The maximum Gasteiger partial charge on any atom is 0.424 e. The molecule has 5 rings (SSSR count). The number of carbonyl (C=O) groups excluding carboxylic acids is 2. The number of nitrogens with zero attached hydrogens (tertiary/aromatic N) is 2. The number of rotatable bonds is 6. The number of fused-ring (bicyclic) bond motifs is 2. The zero-order chi connectivity index (χ0) is 29.7. The number of aryl methyl sites for hydroxylation is 1. The van der Waals surface area contributed by atoms with Crippen molar-refractivity contribution in [2.24, 2.45) is 5.73 Å². The van der Waals surface area contributed by atoms with Crippen LogP contribution < -0.4 is 15.8 Å². The quantitative estimate of drug-likeness (QED) is 0.301. The van der Waals surface area contributed by atoms with Crippen LogP contribution in [0.3, 0.4) is 0 Å². The van der Waals surface area contributed by atoms with Crippen molar-refractivity contribution in [3.63, 3.8) is 0 Å². The van der Waals surface area contributed by atoms with Crippen molar-refractivity contribution in [3.8, 4) is 17.0 Å². The van der Waals surface area contributed by atoms with Crippen LogP contribution in [-0.2, 0) is 15.8 Å². The average Bonchev–Trinajstić information content (AvgIpc) is 3.28. The van der Waals surface area contributed by atoms with E-state index in [1.165, 1.54) is 25.1 Å². The van der Waals surface area contributed by atoms with Gasteiger partial charge in [-0.2, -0.15) is 13.2 Å². The van der Waals surface area contributed by atoms with Crippen LogP contribution in [0.1, 0.15) is 34.2 Å². The molecule has 8 nitrogen and oxygen atoms in total. The van der Waals surface area contributed by atoms with E-state index in [0.717, 1.165) is 18.2 Å². The number of primary amides is 1. The highest BCUT2D eigenvalue weighted by atomic mass is 19.4. The third-order valence-electron chi connectivity index (χ3n) is 7.22. The Bertz CT molecular complexity index is 1690. The Kier molecular flexibility index (Phi) is 6.69. The minimum atomic E-state index is -5.33. The van der Waals surface area contributed by atoms with E-state index in [1.807, 2.05) is 0 Å². The van der Waals surface area contributed by atoms with Crippen molar-refractivity contribution in [3.05, 3.63) is 89.0 Å². The fourth-order valence-corrected chi connectivity index (χ4v) is 4.74. The van der Waals surface area contributed by atoms with Crippen LogP contribution in [0.25, 0.3) is 22.2 Å². The summed E-state index contributed by atoms with van der Waals surface area (Å²) in [5, 5.41) is 13.8. The van der Waals surface area contributed by atoms with Gasteiger partial charge in [-0.1, -0.05) is 18.2 Å². The monoisotopic (exact) mass is 568 g/mol. The van der Waals surface area contributed by atoms with E-state index in [1.54, 1.807) is 31.2 Å². The number of aromatic nitrogens is 2. The number of ether oxygens (including phenoxy) is 1. The van der Waals surface area contributed by atoms with Crippen LogP contribution in [0, 0.1) is 12.7 Å². The number of carbonyl (C=O) groups is 2. The molecule has 41 heavy (non-hydrogen) atoms. The third kappa shape index (κ3) is 4.73. The molecule has 4 aromatic rings. The van der Waals surface area contributed by atoms with Gasteiger partial charge in [0.25, 0.3) is 5.91 Å². The molecule has 0 saturated carbocycles. The molecule has 1 aliphatic heterocycles. The standard InChI is InChI=1S/C29H24F4N4O4/c1-15-11-19(18-5-3-4-6-21(18)36-15)25(38)35-13-28(40,29(31,32)33)22-12-20-24(41-14-27(20,2)26(34)39)23(37-22)16-7-9-17(30)10-8-16/h3-12,40H,13-14H2,1-2H3,(H2,34,39)(H,35,38)/t27-,28?/m0/s1. The number of hydrogen-bond acceptors (Lipinski definition) is 6. The van der Waals surface area contributed by atoms with Crippen LogP contribution in [0.4, 0.5) is 17.6 Å². The maximum absolute atomic E-state index is 14.6. The van der Waals surface area contributed by atoms with E-state index in [-0.39, 0.29) is 34.7 Å². The molecule has 0 fully saturated rings. The smallest absolute Gasteiger partial charge is 0.424 e. The van der Waals surface area contributed by atoms with E-state index in [0.29, 0.717) is 16.6 Å². The first-order valence-corrected chi connectivity index (χ1v) is 12.4. The average molecular weight is 569 g/mol. The van der Waals surface area contributed by atoms with Gasteiger partial charge in [0.1, 0.15) is 29.3 Å². The van der Waals surface area contributed by atoms with Crippen LogP contribution in [0.2, 0.25) is 0 Å². The van der Waals surface area contributed by atoms with Gasteiger partial charge < -0.3 is 20.9 Å². The molecule has 12 heteroatoms. The second-order valence-corrected chi connectivity index (χ2v) is 10.1. The molecule has 2 aromatic heterocycles. The highest BCUT2D eigenvalue weighted by Gasteiger charge is 2.57. The van der Waals surface area contributed by atoms with Crippen molar-refractivity contribution >= 4 is 22.7 Å². The number of nitrogens with two attached hydrogens (primary N) is 1. The molecule has 0 saturated heterocycles. The second-order valence-electron chi connectivity index (χ2n) is 10.1. The minimum absolute atomic E-state index is 0.0195. The number of amides is 2. The Morgan fingerprint density at radius 2 is 1.78 bits per heavy atom. The van der Waals surface area contributed by atoms with Crippen LogP contribution in [0.5, 0.6) is 5.75 Å². The summed E-state index contributed by atoms with van der Waals surface area (Å²) in [5.74, 6) is -2.37. The number of halogens is 4. The number of pyridine rings is 2. The predicted molar refractivity (Wildman–Crippen MR) is 140 cm³/mol. The maximum atomic E-state index is 14.6. The van der Waals surface area contributed by atoms with E-state index in [2.05, 4.69) is 15.3 Å². The van der Waals surface area contributed by atoms with Gasteiger partial charge in [-0.25, -0.2) is 9.37 Å². The summed E-state index contributed by atoms with van der Waals surface area (Å²) in [4.78, 5) is 33.9. The third-order valence-corrected chi connectivity index (χ3v) is 7.22. The summed E-state index contributed by atoms with van der Waals surface area (Å²) in [6.07, 6.45) is -5.33. The number of nitrogens with one attached hydrogen (secondary N) is 1. The lowest BCUT2D eigenvalue weighted by atomic mass is 9.81. The molecule has 0 radical (unpaired) electrons. The lowest BCUT2D eigenvalue weighted by molar-refractivity contribution is -0.265. The molecule has 1 aliphatic rings. The summed E-state index contributed by atoms with van der Waals surface area (Å²) < 4.78 is 63.2. The second kappa shape index (κ2) is 9.81. The van der Waals surface area contributed by atoms with Gasteiger partial charge in [0.2, 0.25) is 11.5 Å². The molecule has 4 N–H and O–H groups in total. The first kappa shape index (κ1) is 28.0. The van der Waals surface area contributed by atoms with Crippen molar-refractivity contribution in [2.75, 3.05) is 13.2 Å². The zero-order valence-electron chi connectivity index (χ0n) is 21.8. The Hall–Kier alpha value is -4.58. The fourth-order valence-electron chi connectivity index (χ4n) is 4.74. The highest BCUT2D eigenvalue weighted by Crippen LogP contribution is 2.47. The van der Waals surface area contributed by atoms with Gasteiger partial charge in [0.15, 0.2) is 0 Å². The zero-order valence-corrected chi connectivity index (χ0v) is 21.8. The first-order valence-electron chi connectivity index (χ1n) is 12.4. The van der Waals surface area contributed by atoms with Crippen molar-refractivity contribution in [2.45, 2.75) is 31.0 Å². The Morgan fingerprint density at radius 3 is 2.44 bits per heavy atom. The summed E-state index contributed by atoms with van der Waals surface area (Å²) >= 11 is 0. The Labute approximate surface area is 231 Å². The molecule has 0 spiro atoms. The number of hydrogen-bond donors (Lipinski definition) is 3. The van der Waals surface area contributed by atoms with Gasteiger partial charge in [0.05, 0.1) is 23.3 Å². The minimum Gasteiger partial charge on any atom is -0.489 e. The van der Waals surface area contributed by atoms with Crippen LogP contribution in [-0.4, -0.2) is 46.2 Å². The molecular formula is C29H24F4N4O4. The van der Waals surface area contributed by atoms with Crippen molar-refractivity contribution in [1.82, 2.24) is 15.3 Å². The topological polar surface area (TPSA) is 127 Å². The number of aliphatic hydroxyl groups is 1. The Morgan fingerprint density at radius 1 is 1.10 bits per heavy atom. The summed E-state index contributed by atoms with van der Waals surface area (Å²) in [6.45, 7) is 1.43. The largest absolute Gasteiger partial charge is 0.489 e. The van der Waals surface area contributed by atoms with Crippen LogP contribution >= 0.6 is 0 Å². The summed E-state index contributed by atoms with van der Waals surface area (Å²) in [5.41, 5.74) is 0.418. The molecule has 0 bridgehead atoms. The van der Waals surface area contributed by atoms with Gasteiger partial charge in [-0.15, -0.1) is 0 Å². The molecule has 2 aromatic carbocycles. The van der Waals surface area contributed by atoms with Gasteiger partial charge >= 0.3 is 6.18 Å². The predicted octanol–water partition coefficient (Wildman–Crippen LogP) is 4.06. The number of alkyl halides is 3. The van der Waals surface area contributed by atoms with E-state index in [4.69, 9.17) is 10.5 Å². The lowest BCUT2D eigenvalue weighted by Crippen LogP contribution is -2.51. The SMILES string of the molecule is Cc1cc(C(=O)NCC(O)(c2cc3c(c(-c4ccc(F)cc4)n2)OC[C@]3(C)C(N)=O)C(F)(F)F)c2ccccc2n1. The molecule has 2 atom stereocenters. The first-order chi connectivity index (χ1) is 19.2. The summed E-state index contributed by atoms with van der Waals surface area (Å²) in [7, 11) is 0. The van der Waals surface area contributed by atoms with Gasteiger partial charge in [-0.3, -0.25) is 14.6 Å². The molecule has 3 heterocycles. The van der Waals surface area contributed by atoms with Gasteiger partial charge in [-0.05, 0) is 56.3 Å². The molecule has 212 valence electrons. The molecule has 0 aliphatic carbocycles. The lowest BCUT2D eigenvalue weighted by Gasteiger charge is -2.31. The van der Waals surface area contributed by atoms with E-state index >= 15 is 0 Å². The van der Waals surface area contributed by atoms with Crippen molar-refractivity contribution < 1.29 is 37.0 Å². The molecule has 2 amide bonds. The molecule has 1 unspecified atom stereocenters. The van der Waals surface area contributed by atoms with Gasteiger partial charge in [0, 0.05) is 22.2 Å². The highest BCUT2D eigenvalue weighted by molar-refractivity contribution is 6.06. The fraction of sp³-hybridized carbons (Fsp3) is 0.241. The van der Waals surface area contributed by atoms with E-state index in [9.17, 15) is 32.3 Å². The van der Waals surface area contributed by atoms with E-state index < -0.39 is 47.1 Å². The number of benzene rings is 2. The number of para-hydroxylation sites is 1.